The molecule has 0 spiro atoms. The van der Waals surface area contributed by atoms with Crippen LogP contribution in [0, 0.1) is 0 Å². The normalized spacial score (nSPS) is 14.0. The minimum absolute atomic E-state index is 0.217. The average Bonchev–Trinajstić information content (AvgIpc) is 3.25. The summed E-state index contributed by atoms with van der Waals surface area (Å²) in [5.41, 5.74) is 1.75. The third-order valence-electron chi connectivity index (χ3n) is 4.09. The van der Waals surface area contributed by atoms with Gasteiger partial charge in [-0.25, -0.2) is 9.78 Å². The molecule has 2 N–H and O–H groups in total. The van der Waals surface area contributed by atoms with Crippen LogP contribution in [-0.4, -0.2) is 35.2 Å². The van der Waals surface area contributed by atoms with E-state index >= 15 is 0 Å². The van der Waals surface area contributed by atoms with E-state index in [0.29, 0.717) is 17.3 Å². The lowest BCUT2D eigenvalue weighted by molar-refractivity contribution is 0.252. The Balaban J connectivity index is 1.44. The predicted octanol–water partition coefficient (Wildman–Crippen LogP) is 3.35. The Hall–Kier alpha value is -2.21. The number of aryl methyl sites for hydroxylation is 1. The number of amides is 2. The molecule has 6 nitrogen and oxygen atoms in total. The fourth-order valence-corrected chi connectivity index (χ4v) is 3.16. The van der Waals surface area contributed by atoms with E-state index in [1.807, 2.05) is 22.9 Å². The Bertz CT molecular complexity index is 668. The van der Waals surface area contributed by atoms with Gasteiger partial charge in [-0.05, 0) is 37.5 Å². The molecule has 0 atom stereocenters. The van der Waals surface area contributed by atoms with E-state index in [0.717, 1.165) is 31.7 Å². The molecule has 1 aromatic heterocycles. The second-order valence-corrected chi connectivity index (χ2v) is 6.30. The van der Waals surface area contributed by atoms with Crippen LogP contribution in [0.2, 0.25) is 5.02 Å². The largest absolute Gasteiger partial charge is 0.370 e. The fourth-order valence-electron chi connectivity index (χ4n) is 2.86. The van der Waals surface area contributed by atoms with Crippen molar-refractivity contribution in [3.8, 4) is 0 Å². The molecular formula is C17H22ClN5O. The van der Waals surface area contributed by atoms with Crippen molar-refractivity contribution in [2.75, 3.05) is 29.9 Å². The summed E-state index contributed by atoms with van der Waals surface area (Å²) in [4.78, 5) is 18.2. The van der Waals surface area contributed by atoms with Crippen LogP contribution in [-0.2, 0) is 6.54 Å². The molecule has 24 heavy (non-hydrogen) atoms. The third-order valence-corrected chi connectivity index (χ3v) is 4.39. The summed E-state index contributed by atoms with van der Waals surface area (Å²) in [5.74, 6) is 0. The number of imidazole rings is 1. The van der Waals surface area contributed by atoms with Crippen LogP contribution in [0.5, 0.6) is 0 Å². The Kier molecular flexibility index (Phi) is 5.59. The number of urea groups is 1. The minimum Gasteiger partial charge on any atom is -0.370 e. The molecule has 0 aliphatic carbocycles. The summed E-state index contributed by atoms with van der Waals surface area (Å²) in [6.45, 7) is 3.52. The number of aromatic nitrogens is 2. The zero-order valence-electron chi connectivity index (χ0n) is 13.5. The first-order valence-electron chi connectivity index (χ1n) is 8.27. The summed E-state index contributed by atoms with van der Waals surface area (Å²) < 4.78 is 1.98. The van der Waals surface area contributed by atoms with E-state index < -0.39 is 0 Å². The number of carbonyl (C=O) groups is 1. The maximum atomic E-state index is 11.9. The van der Waals surface area contributed by atoms with Gasteiger partial charge in [0, 0.05) is 44.3 Å². The standard InChI is InChI=1S/C17H22ClN5O/c18-15-12-14(4-5-16(15)23-9-1-2-10-23)21-17(24)20-6-3-8-22-11-7-19-13-22/h4-5,7,11-13H,1-3,6,8-10H2,(H2,20,21,24). The summed E-state index contributed by atoms with van der Waals surface area (Å²) in [6.07, 6.45) is 8.68. The number of nitrogens with zero attached hydrogens (tertiary/aromatic N) is 3. The lowest BCUT2D eigenvalue weighted by Gasteiger charge is -2.19. The smallest absolute Gasteiger partial charge is 0.319 e. The zero-order chi connectivity index (χ0) is 16.8. The van der Waals surface area contributed by atoms with Crippen molar-refractivity contribution in [3.05, 3.63) is 41.9 Å². The number of rotatable bonds is 6. The van der Waals surface area contributed by atoms with Crippen molar-refractivity contribution in [1.29, 1.82) is 0 Å². The molecule has 2 amide bonds. The molecule has 0 bridgehead atoms. The predicted molar refractivity (Wildman–Crippen MR) is 96.8 cm³/mol. The quantitative estimate of drug-likeness (QED) is 0.788. The Morgan fingerprint density at radius 1 is 1.29 bits per heavy atom. The summed E-state index contributed by atoms with van der Waals surface area (Å²) in [7, 11) is 0. The molecule has 0 radical (unpaired) electrons. The van der Waals surface area contributed by atoms with Gasteiger partial charge in [-0.2, -0.15) is 0 Å². The van der Waals surface area contributed by atoms with Crippen LogP contribution < -0.4 is 15.5 Å². The lowest BCUT2D eigenvalue weighted by atomic mass is 10.2. The van der Waals surface area contributed by atoms with E-state index in [1.165, 1.54) is 12.8 Å². The van der Waals surface area contributed by atoms with Gasteiger partial charge in [0.25, 0.3) is 0 Å². The van der Waals surface area contributed by atoms with Gasteiger partial charge in [0.15, 0.2) is 0 Å². The highest BCUT2D eigenvalue weighted by Gasteiger charge is 2.15. The second-order valence-electron chi connectivity index (χ2n) is 5.90. The highest BCUT2D eigenvalue weighted by atomic mass is 35.5. The van der Waals surface area contributed by atoms with E-state index in [-0.39, 0.29) is 6.03 Å². The second kappa shape index (κ2) is 8.06. The molecule has 0 saturated carbocycles. The van der Waals surface area contributed by atoms with Crippen molar-refractivity contribution in [2.45, 2.75) is 25.8 Å². The van der Waals surface area contributed by atoms with Gasteiger partial charge in [-0.3, -0.25) is 0 Å². The molecular weight excluding hydrogens is 326 g/mol. The first-order chi connectivity index (χ1) is 11.7. The van der Waals surface area contributed by atoms with Crippen LogP contribution >= 0.6 is 11.6 Å². The molecule has 7 heteroatoms. The first-order valence-corrected chi connectivity index (χ1v) is 8.65. The third kappa shape index (κ3) is 4.41. The van der Waals surface area contributed by atoms with E-state index in [2.05, 4.69) is 20.5 Å². The fraction of sp³-hybridized carbons (Fsp3) is 0.412. The number of hydrogen-bond acceptors (Lipinski definition) is 3. The summed E-state index contributed by atoms with van der Waals surface area (Å²) in [6, 6.07) is 5.46. The molecule has 2 aromatic rings. The SMILES string of the molecule is O=C(NCCCn1ccnc1)Nc1ccc(N2CCCC2)c(Cl)c1. The number of hydrogen-bond donors (Lipinski definition) is 2. The van der Waals surface area contributed by atoms with Crippen LogP contribution in [0.4, 0.5) is 16.2 Å². The monoisotopic (exact) mass is 347 g/mol. The Labute approximate surface area is 146 Å². The Morgan fingerprint density at radius 2 is 2.12 bits per heavy atom. The van der Waals surface area contributed by atoms with Gasteiger partial charge in [-0.1, -0.05) is 11.6 Å². The molecule has 3 rings (SSSR count). The number of anilines is 2. The van der Waals surface area contributed by atoms with Crippen LogP contribution in [0.25, 0.3) is 0 Å². The topological polar surface area (TPSA) is 62.2 Å². The number of nitrogens with one attached hydrogen (secondary N) is 2. The number of carbonyl (C=O) groups excluding carboxylic acids is 1. The first kappa shape index (κ1) is 16.6. The molecule has 1 aromatic carbocycles. The van der Waals surface area contributed by atoms with Crippen LogP contribution in [0.1, 0.15) is 19.3 Å². The lowest BCUT2D eigenvalue weighted by Crippen LogP contribution is -2.30. The van der Waals surface area contributed by atoms with Gasteiger partial charge in [0.05, 0.1) is 17.0 Å². The van der Waals surface area contributed by atoms with Crippen molar-refractivity contribution in [2.24, 2.45) is 0 Å². The average molecular weight is 348 g/mol. The van der Waals surface area contributed by atoms with Crippen molar-refractivity contribution >= 4 is 29.0 Å². The molecule has 2 heterocycles. The summed E-state index contributed by atoms with van der Waals surface area (Å²) in [5, 5.41) is 6.34. The highest BCUT2D eigenvalue weighted by molar-refractivity contribution is 6.33. The molecule has 1 fully saturated rings. The molecule has 1 aliphatic heterocycles. The van der Waals surface area contributed by atoms with Crippen molar-refractivity contribution < 1.29 is 4.79 Å². The maximum Gasteiger partial charge on any atom is 0.319 e. The van der Waals surface area contributed by atoms with E-state index in [4.69, 9.17) is 11.6 Å². The minimum atomic E-state index is -0.217. The molecule has 1 aliphatic rings. The highest BCUT2D eigenvalue weighted by Crippen LogP contribution is 2.31. The number of benzene rings is 1. The van der Waals surface area contributed by atoms with Crippen LogP contribution in [0.15, 0.2) is 36.9 Å². The number of halogens is 1. The van der Waals surface area contributed by atoms with Crippen molar-refractivity contribution in [1.82, 2.24) is 14.9 Å². The molecule has 128 valence electrons. The summed E-state index contributed by atoms with van der Waals surface area (Å²) >= 11 is 6.35. The van der Waals surface area contributed by atoms with Gasteiger partial charge < -0.3 is 20.1 Å². The van der Waals surface area contributed by atoms with Gasteiger partial charge in [-0.15, -0.1) is 0 Å². The van der Waals surface area contributed by atoms with Gasteiger partial charge in [0.1, 0.15) is 0 Å². The van der Waals surface area contributed by atoms with E-state index in [9.17, 15) is 4.79 Å². The van der Waals surface area contributed by atoms with Crippen molar-refractivity contribution in [3.63, 3.8) is 0 Å². The van der Waals surface area contributed by atoms with Gasteiger partial charge >= 0.3 is 6.03 Å². The Morgan fingerprint density at radius 3 is 2.83 bits per heavy atom. The maximum absolute atomic E-state index is 11.9. The van der Waals surface area contributed by atoms with Crippen LogP contribution in [0.3, 0.4) is 0 Å². The molecule has 0 unspecified atom stereocenters. The van der Waals surface area contributed by atoms with Gasteiger partial charge in [0.2, 0.25) is 0 Å². The zero-order valence-corrected chi connectivity index (χ0v) is 14.3. The van der Waals surface area contributed by atoms with E-state index in [1.54, 1.807) is 18.6 Å². The molecule has 1 saturated heterocycles.